The fourth-order valence-corrected chi connectivity index (χ4v) is 2.35. The van der Waals surface area contributed by atoms with Crippen LogP contribution in [0.4, 0.5) is 4.39 Å². The molecule has 0 atom stereocenters. The fraction of sp³-hybridized carbons (Fsp3) is 0. The number of nitrogens with one attached hydrogen (secondary N) is 1. The zero-order chi connectivity index (χ0) is 12.0. The molecule has 3 nitrogen and oxygen atoms in total. The third kappa shape index (κ3) is 1.81. The predicted octanol–water partition coefficient (Wildman–Crippen LogP) is 4.49. The Morgan fingerprint density at radius 3 is 2.82 bits per heavy atom. The molecule has 0 amide bonds. The SMILES string of the molecule is Fc1cc2[nH]c(-c3ccoc3Br)nc2cc1Br. The second-order valence-corrected chi connectivity index (χ2v) is 5.05. The monoisotopic (exact) mass is 358 g/mol. The number of benzene rings is 1. The maximum absolute atomic E-state index is 13.4. The highest BCUT2D eigenvalue weighted by Gasteiger charge is 2.12. The number of imidazole rings is 1. The summed E-state index contributed by atoms with van der Waals surface area (Å²) in [7, 11) is 0. The van der Waals surface area contributed by atoms with Crippen molar-refractivity contribution in [2.75, 3.05) is 0 Å². The van der Waals surface area contributed by atoms with Gasteiger partial charge >= 0.3 is 0 Å². The van der Waals surface area contributed by atoms with E-state index in [2.05, 4.69) is 41.8 Å². The van der Waals surface area contributed by atoms with Gasteiger partial charge in [-0.05, 0) is 44.0 Å². The summed E-state index contributed by atoms with van der Waals surface area (Å²) in [5.74, 6) is 0.317. The highest BCUT2D eigenvalue weighted by molar-refractivity contribution is 9.10. The van der Waals surface area contributed by atoms with Crippen molar-refractivity contribution in [2.24, 2.45) is 0 Å². The van der Waals surface area contributed by atoms with E-state index < -0.39 is 0 Å². The van der Waals surface area contributed by atoms with Crippen LogP contribution in [0.5, 0.6) is 0 Å². The lowest BCUT2D eigenvalue weighted by Crippen LogP contribution is -1.77. The summed E-state index contributed by atoms with van der Waals surface area (Å²) in [5.41, 5.74) is 2.15. The third-order valence-corrected chi connectivity index (χ3v) is 3.62. The van der Waals surface area contributed by atoms with Crippen LogP contribution in [-0.2, 0) is 0 Å². The van der Waals surface area contributed by atoms with Crippen LogP contribution < -0.4 is 0 Å². The van der Waals surface area contributed by atoms with Crippen LogP contribution in [0.15, 0.2) is 38.0 Å². The number of halogens is 3. The van der Waals surface area contributed by atoms with Gasteiger partial charge in [0.2, 0.25) is 0 Å². The van der Waals surface area contributed by atoms with E-state index in [0.717, 1.165) is 5.56 Å². The molecule has 17 heavy (non-hydrogen) atoms. The maximum atomic E-state index is 13.4. The van der Waals surface area contributed by atoms with Gasteiger partial charge in [0.25, 0.3) is 0 Å². The van der Waals surface area contributed by atoms with Crippen molar-refractivity contribution < 1.29 is 8.81 Å². The van der Waals surface area contributed by atoms with Gasteiger partial charge in [-0.15, -0.1) is 0 Å². The topological polar surface area (TPSA) is 41.8 Å². The first-order valence-corrected chi connectivity index (χ1v) is 6.32. The first-order chi connectivity index (χ1) is 8.15. The number of furan rings is 1. The number of rotatable bonds is 1. The first-order valence-electron chi connectivity index (χ1n) is 4.73. The van der Waals surface area contributed by atoms with Gasteiger partial charge in [-0.1, -0.05) is 0 Å². The molecule has 2 aromatic heterocycles. The molecule has 1 aromatic carbocycles. The smallest absolute Gasteiger partial charge is 0.179 e. The Bertz CT molecular complexity index is 666. The van der Waals surface area contributed by atoms with Crippen molar-refractivity contribution in [3.8, 4) is 11.4 Å². The van der Waals surface area contributed by atoms with Gasteiger partial charge in [-0.25, -0.2) is 9.37 Å². The molecule has 3 rings (SSSR count). The second kappa shape index (κ2) is 3.96. The number of hydrogen-bond donors (Lipinski definition) is 1. The molecule has 6 heteroatoms. The highest BCUT2D eigenvalue weighted by atomic mass is 79.9. The molecule has 0 spiro atoms. The summed E-state index contributed by atoms with van der Waals surface area (Å²) in [6, 6.07) is 4.83. The number of H-pyrrole nitrogens is 1. The quantitative estimate of drug-likeness (QED) is 0.695. The molecule has 0 bridgehead atoms. The van der Waals surface area contributed by atoms with Gasteiger partial charge in [-0.2, -0.15) is 0 Å². The zero-order valence-corrected chi connectivity index (χ0v) is 11.5. The molecule has 0 unspecified atom stereocenters. The zero-order valence-electron chi connectivity index (χ0n) is 8.30. The Labute approximate surface area is 112 Å². The van der Waals surface area contributed by atoms with Crippen LogP contribution in [0.25, 0.3) is 22.4 Å². The molecule has 0 saturated heterocycles. The summed E-state index contributed by atoms with van der Waals surface area (Å²) in [6.07, 6.45) is 1.56. The lowest BCUT2D eigenvalue weighted by atomic mass is 10.3. The largest absolute Gasteiger partial charge is 0.457 e. The fourth-order valence-electron chi connectivity index (χ4n) is 1.60. The molecule has 0 aliphatic carbocycles. The van der Waals surface area contributed by atoms with Crippen molar-refractivity contribution in [3.05, 3.63) is 39.4 Å². The summed E-state index contributed by atoms with van der Waals surface area (Å²) in [5, 5.41) is 0. The van der Waals surface area contributed by atoms with Crippen LogP contribution in [0.1, 0.15) is 0 Å². The second-order valence-electron chi connectivity index (χ2n) is 3.48. The summed E-state index contributed by atoms with van der Waals surface area (Å²) in [4.78, 5) is 7.42. The Hall–Kier alpha value is -1.14. The van der Waals surface area contributed by atoms with E-state index in [1.807, 2.05) is 0 Å². The number of hydrogen-bond acceptors (Lipinski definition) is 2. The van der Waals surface area contributed by atoms with Crippen LogP contribution >= 0.6 is 31.9 Å². The van der Waals surface area contributed by atoms with E-state index in [9.17, 15) is 4.39 Å². The Morgan fingerprint density at radius 2 is 2.12 bits per heavy atom. The van der Waals surface area contributed by atoms with Gasteiger partial charge in [0.15, 0.2) is 4.67 Å². The average Bonchev–Trinajstić information content (AvgIpc) is 2.85. The molecular formula is C11H5Br2FN2O. The van der Waals surface area contributed by atoms with Gasteiger partial charge in [0, 0.05) is 6.07 Å². The van der Waals surface area contributed by atoms with Gasteiger partial charge in [0.1, 0.15) is 11.6 Å². The molecule has 2 heterocycles. The highest BCUT2D eigenvalue weighted by Crippen LogP contribution is 2.30. The minimum absolute atomic E-state index is 0.320. The predicted molar refractivity (Wildman–Crippen MR) is 69.2 cm³/mol. The van der Waals surface area contributed by atoms with E-state index in [4.69, 9.17) is 4.42 Å². The van der Waals surface area contributed by atoms with Crippen LogP contribution in [-0.4, -0.2) is 9.97 Å². The van der Waals surface area contributed by atoms with E-state index in [1.54, 1.807) is 18.4 Å². The lowest BCUT2D eigenvalue weighted by Gasteiger charge is -1.92. The van der Waals surface area contributed by atoms with Crippen molar-refractivity contribution in [2.45, 2.75) is 0 Å². The van der Waals surface area contributed by atoms with Crippen molar-refractivity contribution in [1.29, 1.82) is 0 Å². The molecule has 0 aliphatic heterocycles. The Kier molecular flexibility index (Phi) is 2.56. The molecule has 1 N–H and O–H groups in total. The van der Waals surface area contributed by atoms with Crippen molar-refractivity contribution >= 4 is 42.9 Å². The molecular weight excluding hydrogens is 355 g/mol. The average molecular weight is 360 g/mol. The number of aromatic nitrogens is 2. The Morgan fingerprint density at radius 1 is 1.29 bits per heavy atom. The summed E-state index contributed by atoms with van der Waals surface area (Å²) in [6.45, 7) is 0. The minimum Gasteiger partial charge on any atom is -0.457 e. The van der Waals surface area contributed by atoms with Gasteiger partial charge in [-0.3, -0.25) is 0 Å². The number of fused-ring (bicyclic) bond motifs is 1. The molecule has 0 fully saturated rings. The number of nitrogens with zero attached hydrogens (tertiary/aromatic N) is 1. The van der Waals surface area contributed by atoms with Crippen molar-refractivity contribution in [3.63, 3.8) is 0 Å². The van der Waals surface area contributed by atoms with Crippen LogP contribution in [0.2, 0.25) is 0 Å². The maximum Gasteiger partial charge on any atom is 0.179 e. The van der Waals surface area contributed by atoms with Gasteiger partial charge < -0.3 is 9.40 Å². The molecule has 0 aliphatic rings. The number of aromatic amines is 1. The van der Waals surface area contributed by atoms with E-state index in [-0.39, 0.29) is 5.82 Å². The molecule has 86 valence electrons. The first kappa shape index (κ1) is 11.0. The van der Waals surface area contributed by atoms with Crippen LogP contribution in [0, 0.1) is 5.82 Å². The summed E-state index contributed by atoms with van der Waals surface area (Å²) >= 11 is 6.41. The minimum atomic E-state index is -0.320. The molecule has 0 saturated carbocycles. The van der Waals surface area contributed by atoms with Crippen molar-refractivity contribution in [1.82, 2.24) is 9.97 Å². The Balaban J connectivity index is 2.24. The van der Waals surface area contributed by atoms with E-state index >= 15 is 0 Å². The third-order valence-electron chi connectivity index (χ3n) is 2.40. The lowest BCUT2D eigenvalue weighted by molar-refractivity contribution is 0.542. The van der Waals surface area contributed by atoms with Gasteiger partial charge in [0.05, 0.1) is 27.3 Å². The normalized spacial score (nSPS) is 11.2. The molecule has 3 aromatic rings. The standard InChI is InChI=1S/C11H5Br2FN2O/c12-6-3-8-9(4-7(6)14)16-11(15-8)5-1-2-17-10(5)13/h1-4H,(H,15,16). The molecule has 0 radical (unpaired) electrons. The van der Waals surface area contributed by atoms with E-state index in [0.29, 0.717) is 26.0 Å². The van der Waals surface area contributed by atoms with E-state index in [1.165, 1.54) is 6.07 Å². The summed E-state index contributed by atoms with van der Waals surface area (Å²) < 4.78 is 19.5. The van der Waals surface area contributed by atoms with Crippen LogP contribution in [0.3, 0.4) is 0 Å².